The van der Waals surface area contributed by atoms with E-state index in [1.54, 1.807) is 0 Å². The Balaban J connectivity index is 1.60. The summed E-state index contributed by atoms with van der Waals surface area (Å²) in [5.41, 5.74) is 0.760. The van der Waals surface area contributed by atoms with E-state index >= 15 is 0 Å². The molecule has 2 bridgehead atoms. The van der Waals surface area contributed by atoms with Crippen LogP contribution in [-0.2, 0) is 9.47 Å². The highest BCUT2D eigenvalue weighted by atomic mass is 16.7. The van der Waals surface area contributed by atoms with E-state index in [1.165, 1.54) is 5.57 Å². The van der Waals surface area contributed by atoms with Gasteiger partial charge in [0.05, 0.1) is 18.8 Å². The molecule has 2 saturated carbocycles. The third-order valence-electron chi connectivity index (χ3n) is 7.79. The van der Waals surface area contributed by atoms with Gasteiger partial charge in [0.15, 0.2) is 5.79 Å². The van der Waals surface area contributed by atoms with Crippen LogP contribution in [0, 0.1) is 16.7 Å². The quantitative estimate of drug-likeness (QED) is 0.589. The smallest absolute Gasteiger partial charge is 0.174 e. The van der Waals surface area contributed by atoms with E-state index < -0.39 is 11.4 Å². The Morgan fingerprint density at radius 1 is 1.24 bits per heavy atom. The van der Waals surface area contributed by atoms with Crippen LogP contribution < -0.4 is 0 Å². The van der Waals surface area contributed by atoms with Crippen molar-refractivity contribution in [3.8, 4) is 0 Å². The second-order valence-corrected chi connectivity index (χ2v) is 9.48. The second-order valence-electron chi connectivity index (χ2n) is 9.48. The number of rotatable bonds is 4. The number of hydrogen-bond acceptors (Lipinski definition) is 3. The topological polar surface area (TPSA) is 38.7 Å². The van der Waals surface area contributed by atoms with E-state index in [0.29, 0.717) is 5.92 Å². The van der Waals surface area contributed by atoms with E-state index in [-0.39, 0.29) is 10.8 Å². The van der Waals surface area contributed by atoms with E-state index in [4.69, 9.17) is 9.47 Å². The fraction of sp³-hybridized carbons (Fsp3) is 0.818. The van der Waals surface area contributed by atoms with Gasteiger partial charge in [-0.1, -0.05) is 30.7 Å². The molecule has 0 amide bonds. The maximum atomic E-state index is 11.8. The molecular weight excluding hydrogens is 312 g/mol. The van der Waals surface area contributed by atoms with Crippen LogP contribution in [0.5, 0.6) is 0 Å². The molecule has 0 aromatic carbocycles. The van der Waals surface area contributed by atoms with Crippen molar-refractivity contribution in [2.24, 2.45) is 16.7 Å². The monoisotopic (exact) mass is 346 g/mol. The summed E-state index contributed by atoms with van der Waals surface area (Å²) in [5, 5.41) is 11.8. The van der Waals surface area contributed by atoms with Crippen molar-refractivity contribution in [3.05, 3.63) is 23.8 Å². The average molecular weight is 347 g/mol. The zero-order valence-corrected chi connectivity index (χ0v) is 16.1. The van der Waals surface area contributed by atoms with Gasteiger partial charge in [0.25, 0.3) is 0 Å². The van der Waals surface area contributed by atoms with Gasteiger partial charge in [-0.25, -0.2) is 0 Å². The molecule has 3 fully saturated rings. The maximum Gasteiger partial charge on any atom is 0.174 e. The SMILES string of the molecule is CC(C)=CCCCC1(O)C=CC[C@H]2CC3(OCCO3)[C@@]3(C)CC[C@]21C3. The molecule has 1 aliphatic heterocycles. The number of fused-ring (bicyclic) bond motifs is 2. The third-order valence-corrected chi connectivity index (χ3v) is 7.79. The lowest BCUT2D eigenvalue weighted by Gasteiger charge is -2.58. The molecule has 0 aromatic heterocycles. The van der Waals surface area contributed by atoms with Crippen molar-refractivity contribution in [3.63, 3.8) is 0 Å². The number of ether oxygens (including phenoxy) is 2. The molecule has 0 aromatic rings. The van der Waals surface area contributed by atoms with Crippen LogP contribution in [0.25, 0.3) is 0 Å². The molecule has 1 N–H and O–H groups in total. The van der Waals surface area contributed by atoms with Gasteiger partial charge in [-0.3, -0.25) is 0 Å². The van der Waals surface area contributed by atoms with Crippen molar-refractivity contribution >= 4 is 0 Å². The van der Waals surface area contributed by atoms with Crippen LogP contribution in [-0.4, -0.2) is 29.7 Å². The summed E-state index contributed by atoms with van der Waals surface area (Å²) in [6, 6.07) is 0. The second kappa shape index (κ2) is 5.94. The molecule has 4 atom stereocenters. The predicted octanol–water partition coefficient (Wildman–Crippen LogP) is 4.75. The normalized spacial score (nSPS) is 44.1. The summed E-state index contributed by atoms with van der Waals surface area (Å²) in [4.78, 5) is 0. The Labute approximate surface area is 152 Å². The Hall–Kier alpha value is -0.640. The van der Waals surface area contributed by atoms with Gasteiger partial charge < -0.3 is 14.6 Å². The molecule has 25 heavy (non-hydrogen) atoms. The summed E-state index contributed by atoms with van der Waals surface area (Å²) >= 11 is 0. The standard InChI is InChI=1S/C22H34O3/c1-17(2)7-4-5-9-21(23)10-6-8-18-15-22(24-13-14-25-22)19(3)11-12-20(18,21)16-19/h6-7,10,18,23H,4-5,8-9,11-16H2,1-3H3/t18-,19-,20-,21?/m0/s1. The lowest BCUT2D eigenvalue weighted by atomic mass is 9.51. The predicted molar refractivity (Wildman–Crippen MR) is 99.1 cm³/mol. The zero-order valence-electron chi connectivity index (χ0n) is 16.1. The van der Waals surface area contributed by atoms with E-state index in [1.807, 2.05) is 0 Å². The van der Waals surface area contributed by atoms with Gasteiger partial charge in [-0.05, 0) is 64.7 Å². The molecule has 1 saturated heterocycles. The lowest BCUT2D eigenvalue weighted by Crippen LogP contribution is -2.60. The van der Waals surface area contributed by atoms with E-state index in [9.17, 15) is 5.11 Å². The molecule has 4 aliphatic rings. The molecule has 1 unspecified atom stereocenters. The minimum Gasteiger partial charge on any atom is -0.385 e. The van der Waals surface area contributed by atoms with Crippen LogP contribution in [0.15, 0.2) is 23.8 Å². The number of aliphatic hydroxyl groups is 1. The molecule has 3 heteroatoms. The average Bonchev–Trinajstić information content (AvgIpc) is 3.14. The number of allylic oxidation sites excluding steroid dienone is 3. The van der Waals surface area contributed by atoms with Crippen molar-refractivity contribution < 1.29 is 14.6 Å². The van der Waals surface area contributed by atoms with Gasteiger partial charge >= 0.3 is 0 Å². The van der Waals surface area contributed by atoms with Crippen LogP contribution >= 0.6 is 0 Å². The third kappa shape index (κ3) is 2.49. The first-order chi connectivity index (χ1) is 11.9. The summed E-state index contributed by atoms with van der Waals surface area (Å²) in [7, 11) is 0. The van der Waals surface area contributed by atoms with Gasteiger partial charge in [0.1, 0.15) is 0 Å². The van der Waals surface area contributed by atoms with Crippen molar-refractivity contribution in [1.82, 2.24) is 0 Å². The minimum absolute atomic E-state index is 0.0159. The highest BCUT2D eigenvalue weighted by Gasteiger charge is 2.71. The van der Waals surface area contributed by atoms with Gasteiger partial charge in [-0.15, -0.1) is 0 Å². The highest BCUT2D eigenvalue weighted by molar-refractivity contribution is 5.25. The van der Waals surface area contributed by atoms with Gasteiger partial charge in [0.2, 0.25) is 0 Å². The van der Waals surface area contributed by atoms with Crippen LogP contribution in [0.4, 0.5) is 0 Å². The van der Waals surface area contributed by atoms with Gasteiger partial charge in [0, 0.05) is 17.3 Å². The first kappa shape index (κ1) is 17.8. The summed E-state index contributed by atoms with van der Waals surface area (Å²) < 4.78 is 12.4. The molecule has 4 rings (SSSR count). The molecule has 3 nitrogen and oxygen atoms in total. The Morgan fingerprint density at radius 2 is 2.00 bits per heavy atom. The molecule has 140 valence electrons. The maximum absolute atomic E-state index is 11.8. The molecule has 3 aliphatic carbocycles. The summed E-state index contributed by atoms with van der Waals surface area (Å²) in [6.07, 6.45) is 14.9. The van der Waals surface area contributed by atoms with Crippen molar-refractivity contribution in [1.29, 1.82) is 0 Å². The van der Waals surface area contributed by atoms with Gasteiger partial charge in [-0.2, -0.15) is 0 Å². The Bertz CT molecular complexity index is 584. The zero-order chi connectivity index (χ0) is 17.8. The summed E-state index contributed by atoms with van der Waals surface area (Å²) in [6.45, 7) is 8.07. The minimum atomic E-state index is -0.663. The Morgan fingerprint density at radius 3 is 2.72 bits per heavy atom. The fourth-order valence-electron chi connectivity index (χ4n) is 6.45. The lowest BCUT2D eigenvalue weighted by molar-refractivity contribution is -0.276. The largest absolute Gasteiger partial charge is 0.385 e. The first-order valence-electron chi connectivity index (χ1n) is 10.2. The van der Waals surface area contributed by atoms with Crippen LogP contribution in [0.2, 0.25) is 0 Å². The Kier molecular flexibility index (Phi) is 4.22. The number of hydrogen-bond donors (Lipinski definition) is 1. The highest BCUT2D eigenvalue weighted by Crippen LogP contribution is 2.71. The van der Waals surface area contributed by atoms with E-state index in [2.05, 4.69) is 39.0 Å². The first-order valence-corrected chi connectivity index (χ1v) is 10.2. The molecule has 1 heterocycles. The van der Waals surface area contributed by atoms with Crippen molar-refractivity contribution in [2.75, 3.05) is 13.2 Å². The summed E-state index contributed by atoms with van der Waals surface area (Å²) in [5.74, 6) is 0.0749. The van der Waals surface area contributed by atoms with Crippen LogP contribution in [0.1, 0.15) is 72.1 Å². The van der Waals surface area contributed by atoms with Crippen molar-refractivity contribution in [2.45, 2.75) is 83.5 Å². The molecule has 2 spiro atoms. The molecule has 0 radical (unpaired) electrons. The molecular formula is C22H34O3. The fourth-order valence-corrected chi connectivity index (χ4v) is 6.45. The van der Waals surface area contributed by atoms with E-state index in [0.717, 1.165) is 64.6 Å². The van der Waals surface area contributed by atoms with Crippen LogP contribution in [0.3, 0.4) is 0 Å². The number of unbranched alkanes of at least 4 members (excludes halogenated alkanes) is 1.